The number of nitrogens with zero attached hydrogens (tertiary/aromatic N) is 1. The molecule has 100 valence electrons. The van der Waals surface area contributed by atoms with E-state index >= 15 is 0 Å². The molecule has 3 saturated carbocycles. The molecule has 0 radical (unpaired) electrons. The van der Waals surface area contributed by atoms with Crippen LogP contribution in [0.5, 0.6) is 0 Å². The largest absolute Gasteiger partial charge is 0.292 e. The maximum Gasteiger partial charge on any atom is 0.0601 e. The van der Waals surface area contributed by atoms with Gasteiger partial charge in [0.05, 0.1) is 6.54 Å². The summed E-state index contributed by atoms with van der Waals surface area (Å²) in [6, 6.07) is 0.813. The van der Waals surface area contributed by atoms with E-state index < -0.39 is 0 Å². The minimum Gasteiger partial charge on any atom is -0.292 e. The van der Waals surface area contributed by atoms with E-state index in [2.05, 4.69) is 23.8 Å². The molecule has 3 fully saturated rings. The Morgan fingerprint density at radius 3 is 2.50 bits per heavy atom. The summed E-state index contributed by atoms with van der Waals surface area (Å²) in [5.74, 6) is 9.82. The van der Waals surface area contributed by atoms with E-state index in [0.717, 1.165) is 30.3 Å². The topological polar surface area (TPSA) is 3.24 Å². The van der Waals surface area contributed by atoms with E-state index in [4.69, 9.17) is 0 Å². The third-order valence-corrected chi connectivity index (χ3v) is 5.55. The Labute approximate surface area is 112 Å². The van der Waals surface area contributed by atoms with Gasteiger partial charge in [0.1, 0.15) is 0 Å². The normalized spacial score (nSPS) is 35.8. The molecule has 0 aromatic rings. The van der Waals surface area contributed by atoms with Crippen LogP contribution in [0.15, 0.2) is 0 Å². The molecule has 2 bridgehead atoms. The fourth-order valence-electron chi connectivity index (χ4n) is 4.37. The van der Waals surface area contributed by atoms with E-state index in [-0.39, 0.29) is 0 Å². The van der Waals surface area contributed by atoms with Crippen molar-refractivity contribution in [1.82, 2.24) is 4.90 Å². The third kappa shape index (κ3) is 2.75. The molecule has 3 rings (SSSR count). The molecule has 3 aliphatic rings. The van der Waals surface area contributed by atoms with Crippen molar-refractivity contribution >= 4 is 0 Å². The Bertz CT molecular complexity index is 331. The standard InChI is InChI=1S/C17H27N/c1-18(17-7-3-2-4-8-17)11-5-6-15-12-14-9-10-16(15)13-14/h14-17H,2-4,7-13H2,1H3/t14-,15+,16+/m1/s1. The van der Waals surface area contributed by atoms with Gasteiger partial charge in [0.15, 0.2) is 0 Å². The lowest BCUT2D eigenvalue weighted by atomic mass is 9.89. The maximum atomic E-state index is 3.59. The first-order valence-corrected chi connectivity index (χ1v) is 8.01. The molecule has 1 heteroatoms. The molecular formula is C17H27N. The molecule has 3 aliphatic carbocycles. The highest BCUT2D eigenvalue weighted by Crippen LogP contribution is 2.47. The summed E-state index contributed by atoms with van der Waals surface area (Å²) in [7, 11) is 2.27. The van der Waals surface area contributed by atoms with E-state index in [1.165, 1.54) is 57.8 Å². The molecule has 1 nitrogen and oxygen atoms in total. The minimum atomic E-state index is 0.753. The predicted molar refractivity (Wildman–Crippen MR) is 76.2 cm³/mol. The Kier molecular flexibility index (Phi) is 3.94. The van der Waals surface area contributed by atoms with E-state index in [9.17, 15) is 0 Å². The SMILES string of the molecule is CN(CC#C[C@H]1C[C@H]2CC[C@H]1C2)C1CCCCC1. The van der Waals surface area contributed by atoms with Crippen molar-refractivity contribution in [1.29, 1.82) is 0 Å². The van der Waals surface area contributed by atoms with Gasteiger partial charge in [-0.2, -0.15) is 0 Å². The second kappa shape index (κ2) is 5.66. The summed E-state index contributed by atoms with van der Waals surface area (Å²) in [6.07, 6.45) is 12.9. The van der Waals surface area contributed by atoms with Crippen LogP contribution in [-0.2, 0) is 0 Å². The van der Waals surface area contributed by atoms with Crippen LogP contribution in [0.3, 0.4) is 0 Å². The third-order valence-electron chi connectivity index (χ3n) is 5.55. The Morgan fingerprint density at radius 1 is 1.00 bits per heavy atom. The van der Waals surface area contributed by atoms with Crippen molar-refractivity contribution in [3.05, 3.63) is 0 Å². The average Bonchev–Trinajstić information content (AvgIpc) is 3.02. The first-order chi connectivity index (χ1) is 8.83. The van der Waals surface area contributed by atoms with Gasteiger partial charge in [-0.1, -0.05) is 37.5 Å². The summed E-state index contributed by atoms with van der Waals surface area (Å²) in [5.41, 5.74) is 0. The van der Waals surface area contributed by atoms with E-state index in [0.29, 0.717) is 0 Å². The van der Waals surface area contributed by atoms with Crippen LogP contribution >= 0.6 is 0 Å². The molecule has 0 aliphatic heterocycles. The van der Waals surface area contributed by atoms with Crippen molar-refractivity contribution in [2.24, 2.45) is 17.8 Å². The van der Waals surface area contributed by atoms with Crippen molar-refractivity contribution in [2.75, 3.05) is 13.6 Å². The summed E-state index contributed by atoms with van der Waals surface area (Å²) in [4.78, 5) is 2.50. The molecule has 0 saturated heterocycles. The zero-order chi connectivity index (χ0) is 12.4. The molecule has 0 unspecified atom stereocenters. The number of hydrogen-bond donors (Lipinski definition) is 0. The van der Waals surface area contributed by atoms with Gasteiger partial charge in [-0.05, 0) is 51.0 Å². The zero-order valence-corrected chi connectivity index (χ0v) is 11.8. The molecule has 0 spiro atoms. The number of rotatable bonds is 2. The first kappa shape index (κ1) is 12.5. The predicted octanol–water partition coefficient (Wildman–Crippen LogP) is 3.69. The van der Waals surface area contributed by atoms with Crippen LogP contribution in [0.2, 0.25) is 0 Å². The van der Waals surface area contributed by atoms with Crippen LogP contribution in [-0.4, -0.2) is 24.5 Å². The average molecular weight is 245 g/mol. The fourth-order valence-corrected chi connectivity index (χ4v) is 4.37. The highest BCUT2D eigenvalue weighted by atomic mass is 15.1. The van der Waals surface area contributed by atoms with Gasteiger partial charge in [0.25, 0.3) is 0 Å². The minimum absolute atomic E-state index is 0.753. The van der Waals surface area contributed by atoms with Crippen LogP contribution in [0.25, 0.3) is 0 Å². The van der Waals surface area contributed by atoms with E-state index in [1.54, 1.807) is 0 Å². The van der Waals surface area contributed by atoms with Gasteiger partial charge in [-0.15, -0.1) is 0 Å². The van der Waals surface area contributed by atoms with Crippen LogP contribution in [0.4, 0.5) is 0 Å². The molecule has 0 heterocycles. The van der Waals surface area contributed by atoms with E-state index in [1.807, 2.05) is 0 Å². The summed E-state index contributed by atoms with van der Waals surface area (Å²) in [6.45, 7) is 0.999. The fraction of sp³-hybridized carbons (Fsp3) is 0.882. The van der Waals surface area contributed by atoms with Crippen LogP contribution in [0.1, 0.15) is 57.8 Å². The number of hydrogen-bond acceptors (Lipinski definition) is 1. The molecular weight excluding hydrogens is 218 g/mol. The van der Waals surface area contributed by atoms with Gasteiger partial charge in [-0.3, -0.25) is 4.90 Å². The highest BCUT2D eigenvalue weighted by molar-refractivity contribution is 5.11. The lowest BCUT2D eigenvalue weighted by Gasteiger charge is -2.29. The van der Waals surface area contributed by atoms with Gasteiger partial charge >= 0.3 is 0 Å². The smallest absolute Gasteiger partial charge is 0.0601 e. The summed E-state index contributed by atoms with van der Waals surface area (Å²) < 4.78 is 0. The van der Waals surface area contributed by atoms with Crippen LogP contribution < -0.4 is 0 Å². The second-order valence-corrected chi connectivity index (χ2v) is 6.81. The summed E-state index contributed by atoms with van der Waals surface area (Å²) >= 11 is 0. The summed E-state index contributed by atoms with van der Waals surface area (Å²) in [5, 5.41) is 0. The molecule has 0 N–H and O–H groups in total. The van der Waals surface area contributed by atoms with Crippen molar-refractivity contribution in [3.63, 3.8) is 0 Å². The lowest BCUT2D eigenvalue weighted by molar-refractivity contribution is 0.212. The Morgan fingerprint density at radius 2 is 1.83 bits per heavy atom. The number of fused-ring (bicyclic) bond motifs is 2. The molecule has 18 heavy (non-hydrogen) atoms. The first-order valence-electron chi connectivity index (χ1n) is 8.01. The quantitative estimate of drug-likeness (QED) is 0.671. The molecule has 0 amide bonds. The van der Waals surface area contributed by atoms with Gasteiger partial charge in [0.2, 0.25) is 0 Å². The molecule has 0 aromatic heterocycles. The van der Waals surface area contributed by atoms with Gasteiger partial charge < -0.3 is 0 Å². The van der Waals surface area contributed by atoms with Crippen molar-refractivity contribution in [3.8, 4) is 11.8 Å². The van der Waals surface area contributed by atoms with Gasteiger partial charge in [-0.25, -0.2) is 0 Å². The van der Waals surface area contributed by atoms with Crippen LogP contribution in [0, 0.1) is 29.6 Å². The van der Waals surface area contributed by atoms with Crippen molar-refractivity contribution < 1.29 is 0 Å². The Balaban J connectivity index is 1.46. The second-order valence-electron chi connectivity index (χ2n) is 6.81. The maximum absolute atomic E-state index is 3.59. The monoisotopic (exact) mass is 245 g/mol. The highest BCUT2D eigenvalue weighted by Gasteiger charge is 2.38. The van der Waals surface area contributed by atoms with Crippen molar-refractivity contribution in [2.45, 2.75) is 63.8 Å². The van der Waals surface area contributed by atoms with Gasteiger partial charge in [0, 0.05) is 12.0 Å². The lowest BCUT2D eigenvalue weighted by Crippen LogP contribution is -2.33. The Hall–Kier alpha value is -0.480. The molecule has 3 atom stereocenters. The zero-order valence-electron chi connectivity index (χ0n) is 11.8. The molecule has 0 aromatic carbocycles.